The van der Waals surface area contributed by atoms with Crippen LogP contribution in [0.5, 0.6) is 0 Å². The maximum atomic E-state index is 12.2. The Kier molecular flexibility index (Phi) is 3.41. The predicted molar refractivity (Wildman–Crippen MR) is 87.1 cm³/mol. The minimum absolute atomic E-state index is 0.272. The number of benzene rings is 1. The topological polar surface area (TPSA) is 31.2 Å². The van der Waals surface area contributed by atoms with Crippen LogP contribution < -0.4 is 0 Å². The van der Waals surface area contributed by atoms with Crippen LogP contribution in [0, 0.1) is 3.57 Å². The summed E-state index contributed by atoms with van der Waals surface area (Å²) >= 11 is 2.28. The van der Waals surface area contributed by atoms with Gasteiger partial charge in [0.25, 0.3) is 0 Å². The predicted octanol–water partition coefficient (Wildman–Crippen LogP) is 3.27. The molecule has 20 heavy (non-hydrogen) atoms. The van der Waals surface area contributed by atoms with Crippen LogP contribution in [0.4, 0.5) is 0 Å². The van der Waals surface area contributed by atoms with Crippen molar-refractivity contribution in [2.75, 3.05) is 7.11 Å². The van der Waals surface area contributed by atoms with E-state index in [9.17, 15) is 4.79 Å². The lowest BCUT2D eigenvalue weighted by atomic mass is 9.93. The zero-order valence-electron chi connectivity index (χ0n) is 11.3. The van der Waals surface area contributed by atoms with Crippen LogP contribution in [0.1, 0.15) is 17.0 Å². The molecule has 1 aromatic heterocycles. The molecule has 1 aromatic carbocycles. The van der Waals surface area contributed by atoms with Crippen molar-refractivity contribution in [3.63, 3.8) is 0 Å². The second-order valence-corrected chi connectivity index (χ2v) is 6.04. The number of allylic oxidation sites excluding steroid dienone is 1. The van der Waals surface area contributed by atoms with Crippen molar-refractivity contribution in [2.24, 2.45) is 7.05 Å². The van der Waals surface area contributed by atoms with Crippen molar-refractivity contribution in [2.45, 2.75) is 6.42 Å². The van der Waals surface area contributed by atoms with Gasteiger partial charge in [0.1, 0.15) is 0 Å². The molecule has 4 heteroatoms. The van der Waals surface area contributed by atoms with Gasteiger partial charge in [0.15, 0.2) is 0 Å². The van der Waals surface area contributed by atoms with Crippen molar-refractivity contribution in [3.05, 3.63) is 56.9 Å². The normalized spacial score (nSPS) is 13.6. The standard InChI is InChI=1S/C16H14INO2/c1-18-12-7-8-14(18)15(16(19)20-2)13(9-12)10-3-5-11(17)6-4-10/h3-8H,9H2,1-2H3. The summed E-state index contributed by atoms with van der Waals surface area (Å²) in [5, 5.41) is 0. The van der Waals surface area contributed by atoms with Gasteiger partial charge in [-0.05, 0) is 58.0 Å². The molecule has 3 nitrogen and oxygen atoms in total. The van der Waals surface area contributed by atoms with E-state index in [0.29, 0.717) is 5.57 Å². The third-order valence-electron chi connectivity index (χ3n) is 3.72. The van der Waals surface area contributed by atoms with E-state index < -0.39 is 0 Å². The van der Waals surface area contributed by atoms with Crippen LogP contribution in [0.3, 0.4) is 0 Å². The van der Waals surface area contributed by atoms with E-state index in [1.807, 2.05) is 13.1 Å². The molecule has 0 spiro atoms. The molecule has 0 aliphatic carbocycles. The molecule has 2 heterocycles. The lowest BCUT2D eigenvalue weighted by Gasteiger charge is -2.21. The SMILES string of the molecule is COC(=O)C1=C(c2ccc(I)cc2)Cc2ccc1n2C. The molecule has 1 aliphatic heterocycles. The highest BCUT2D eigenvalue weighted by molar-refractivity contribution is 14.1. The van der Waals surface area contributed by atoms with Gasteiger partial charge in [0.05, 0.1) is 18.4 Å². The number of nitrogens with zero attached hydrogens (tertiary/aromatic N) is 1. The van der Waals surface area contributed by atoms with Crippen LogP contribution in [-0.4, -0.2) is 17.6 Å². The Bertz CT molecular complexity index is 711. The molecule has 0 radical (unpaired) electrons. The first kappa shape index (κ1) is 13.4. The Morgan fingerprint density at radius 1 is 1.20 bits per heavy atom. The van der Waals surface area contributed by atoms with E-state index in [1.165, 1.54) is 16.4 Å². The number of hydrogen-bond donors (Lipinski definition) is 0. The van der Waals surface area contributed by atoms with Crippen molar-refractivity contribution in [1.82, 2.24) is 4.57 Å². The lowest BCUT2D eigenvalue weighted by molar-refractivity contribution is -0.133. The summed E-state index contributed by atoms with van der Waals surface area (Å²) in [5.74, 6) is -0.272. The van der Waals surface area contributed by atoms with Crippen molar-refractivity contribution in [3.8, 4) is 0 Å². The van der Waals surface area contributed by atoms with Gasteiger partial charge in [-0.2, -0.15) is 0 Å². The highest BCUT2D eigenvalue weighted by Crippen LogP contribution is 2.36. The van der Waals surface area contributed by atoms with E-state index in [4.69, 9.17) is 4.74 Å². The number of halogens is 1. The summed E-state index contributed by atoms with van der Waals surface area (Å²) in [5.41, 5.74) is 4.93. The van der Waals surface area contributed by atoms with E-state index in [2.05, 4.69) is 57.5 Å². The number of rotatable bonds is 2. The second-order valence-electron chi connectivity index (χ2n) is 4.80. The first-order valence-corrected chi connectivity index (χ1v) is 7.42. The number of aromatic nitrogens is 1. The number of carbonyl (C=O) groups excluding carboxylic acids is 1. The number of ether oxygens (including phenoxy) is 1. The number of esters is 1. The van der Waals surface area contributed by atoms with Crippen LogP contribution in [0.25, 0.3) is 11.1 Å². The fourth-order valence-corrected chi connectivity index (χ4v) is 2.99. The van der Waals surface area contributed by atoms with Crippen LogP contribution >= 0.6 is 22.6 Å². The van der Waals surface area contributed by atoms with E-state index in [-0.39, 0.29) is 5.97 Å². The van der Waals surface area contributed by atoms with Gasteiger partial charge in [-0.15, -0.1) is 0 Å². The first-order chi connectivity index (χ1) is 9.61. The van der Waals surface area contributed by atoms with Crippen molar-refractivity contribution in [1.29, 1.82) is 0 Å². The quantitative estimate of drug-likeness (QED) is 0.593. The monoisotopic (exact) mass is 379 g/mol. The largest absolute Gasteiger partial charge is 0.465 e. The van der Waals surface area contributed by atoms with E-state index in [0.717, 1.165) is 23.3 Å². The number of carbonyl (C=O) groups is 1. The lowest BCUT2D eigenvalue weighted by Crippen LogP contribution is -2.16. The summed E-state index contributed by atoms with van der Waals surface area (Å²) in [6, 6.07) is 12.3. The molecule has 0 fully saturated rings. The average Bonchev–Trinajstić information content (AvgIpc) is 2.70. The Hall–Kier alpha value is -1.56. The van der Waals surface area contributed by atoms with Gasteiger partial charge in [-0.3, -0.25) is 0 Å². The Labute approximate surface area is 131 Å². The average molecular weight is 379 g/mol. The molecule has 102 valence electrons. The highest BCUT2D eigenvalue weighted by atomic mass is 127. The van der Waals surface area contributed by atoms with E-state index in [1.54, 1.807) is 0 Å². The maximum Gasteiger partial charge on any atom is 0.340 e. The van der Waals surface area contributed by atoms with Crippen molar-refractivity contribution >= 4 is 39.7 Å². The molecule has 2 bridgehead atoms. The number of fused-ring (bicyclic) bond motifs is 2. The van der Waals surface area contributed by atoms with E-state index >= 15 is 0 Å². The molecule has 0 saturated carbocycles. The Morgan fingerprint density at radius 3 is 2.55 bits per heavy atom. The summed E-state index contributed by atoms with van der Waals surface area (Å²) in [7, 11) is 3.41. The van der Waals surface area contributed by atoms with Gasteiger partial charge in [0, 0.05) is 22.7 Å². The molecular formula is C16H14INO2. The maximum absolute atomic E-state index is 12.2. The van der Waals surface area contributed by atoms with Gasteiger partial charge in [-0.1, -0.05) is 12.1 Å². The molecule has 0 atom stereocenters. The molecule has 0 saturated heterocycles. The molecule has 3 rings (SSSR count). The fraction of sp³-hybridized carbons (Fsp3) is 0.188. The molecule has 2 aromatic rings. The second kappa shape index (κ2) is 5.09. The summed E-state index contributed by atoms with van der Waals surface area (Å²) in [6.45, 7) is 0. The smallest absolute Gasteiger partial charge is 0.340 e. The molecule has 0 unspecified atom stereocenters. The van der Waals surface area contributed by atoms with Gasteiger partial charge in [-0.25, -0.2) is 4.79 Å². The summed E-state index contributed by atoms with van der Waals surface area (Å²) < 4.78 is 8.21. The fourth-order valence-electron chi connectivity index (χ4n) is 2.63. The molecular weight excluding hydrogens is 365 g/mol. The third kappa shape index (κ3) is 2.08. The van der Waals surface area contributed by atoms with Gasteiger partial charge >= 0.3 is 5.97 Å². The first-order valence-electron chi connectivity index (χ1n) is 6.34. The minimum Gasteiger partial charge on any atom is -0.465 e. The van der Waals surface area contributed by atoms with Gasteiger partial charge in [0.2, 0.25) is 0 Å². The van der Waals surface area contributed by atoms with Crippen LogP contribution in [-0.2, 0) is 23.0 Å². The van der Waals surface area contributed by atoms with Crippen molar-refractivity contribution < 1.29 is 9.53 Å². The Balaban J connectivity index is 2.20. The molecule has 0 amide bonds. The number of hydrogen-bond acceptors (Lipinski definition) is 2. The Morgan fingerprint density at radius 2 is 1.90 bits per heavy atom. The van der Waals surface area contributed by atoms with Gasteiger partial charge < -0.3 is 9.30 Å². The van der Waals surface area contributed by atoms with Crippen LogP contribution in [0.2, 0.25) is 0 Å². The van der Waals surface area contributed by atoms with Crippen LogP contribution in [0.15, 0.2) is 36.4 Å². The summed E-state index contributed by atoms with van der Waals surface area (Å²) in [6.07, 6.45) is 0.752. The third-order valence-corrected chi connectivity index (χ3v) is 4.44. The summed E-state index contributed by atoms with van der Waals surface area (Å²) in [4.78, 5) is 12.2. The minimum atomic E-state index is -0.272. The zero-order valence-corrected chi connectivity index (χ0v) is 13.5. The number of methoxy groups -OCH3 is 1. The molecule has 1 aliphatic rings. The highest BCUT2D eigenvalue weighted by Gasteiger charge is 2.27. The zero-order chi connectivity index (χ0) is 14.3. The molecule has 0 N–H and O–H groups in total.